The van der Waals surface area contributed by atoms with Crippen molar-refractivity contribution >= 4 is 11.9 Å². The van der Waals surface area contributed by atoms with Gasteiger partial charge >= 0.3 is 0 Å². The summed E-state index contributed by atoms with van der Waals surface area (Å²) in [7, 11) is 0. The Morgan fingerprint density at radius 3 is 2.91 bits per heavy atom. The van der Waals surface area contributed by atoms with Crippen LogP contribution < -0.4 is 5.73 Å². The molecule has 4 heteroatoms. The Labute approximate surface area is 64.3 Å². The van der Waals surface area contributed by atoms with E-state index in [1.807, 2.05) is 13.0 Å². The molecule has 4 nitrogen and oxygen atoms in total. The molecule has 0 fully saturated rings. The van der Waals surface area contributed by atoms with Crippen LogP contribution in [0.3, 0.4) is 0 Å². The predicted octanol–water partition coefficient (Wildman–Crippen LogP) is 0.837. The summed E-state index contributed by atoms with van der Waals surface area (Å²) in [4.78, 5) is 0. The number of nitrogens with zero attached hydrogens (tertiary/aromatic N) is 2. The number of nitrogen functional groups attached to an aromatic ring is 1. The number of aromatic nitrogens is 2. The van der Waals surface area contributed by atoms with Gasteiger partial charge in [0.25, 0.3) is 0 Å². The Bertz CT molecular complexity index is 296. The SMILES string of the molecule is Cc1[nH]nc(N)c1C=CC#N. The highest BCUT2D eigenvalue weighted by Crippen LogP contribution is 2.13. The van der Waals surface area contributed by atoms with E-state index in [2.05, 4.69) is 10.2 Å². The van der Waals surface area contributed by atoms with Crippen molar-refractivity contribution in [2.24, 2.45) is 0 Å². The van der Waals surface area contributed by atoms with Gasteiger partial charge in [0.05, 0.1) is 6.07 Å². The lowest BCUT2D eigenvalue weighted by atomic mass is 10.2. The molecule has 0 bridgehead atoms. The van der Waals surface area contributed by atoms with Crippen LogP contribution in [-0.4, -0.2) is 10.2 Å². The lowest BCUT2D eigenvalue weighted by molar-refractivity contribution is 1.05. The summed E-state index contributed by atoms with van der Waals surface area (Å²) in [5.74, 6) is 0.425. The van der Waals surface area contributed by atoms with Gasteiger partial charge < -0.3 is 5.73 Å². The minimum atomic E-state index is 0.425. The lowest BCUT2D eigenvalue weighted by Crippen LogP contribution is -1.86. The molecule has 1 heterocycles. The summed E-state index contributed by atoms with van der Waals surface area (Å²) >= 11 is 0. The minimum absolute atomic E-state index is 0.425. The highest BCUT2D eigenvalue weighted by atomic mass is 15.2. The second kappa shape index (κ2) is 2.88. The molecule has 0 amide bonds. The molecular formula is C7H8N4. The number of nitrogens with two attached hydrogens (primary N) is 1. The van der Waals surface area contributed by atoms with Crippen molar-refractivity contribution in [3.05, 3.63) is 17.3 Å². The van der Waals surface area contributed by atoms with E-state index in [1.54, 1.807) is 6.08 Å². The third kappa shape index (κ3) is 1.38. The molecule has 0 radical (unpaired) electrons. The van der Waals surface area contributed by atoms with Gasteiger partial charge in [-0.3, -0.25) is 5.10 Å². The zero-order valence-electron chi connectivity index (χ0n) is 6.13. The second-order valence-electron chi connectivity index (χ2n) is 2.11. The zero-order valence-corrected chi connectivity index (χ0v) is 6.13. The highest BCUT2D eigenvalue weighted by Gasteiger charge is 2.01. The average Bonchev–Trinajstić information content (AvgIpc) is 2.29. The van der Waals surface area contributed by atoms with Gasteiger partial charge in [0, 0.05) is 17.3 Å². The van der Waals surface area contributed by atoms with Crippen LogP contribution >= 0.6 is 0 Å². The molecule has 11 heavy (non-hydrogen) atoms. The highest BCUT2D eigenvalue weighted by molar-refractivity contribution is 5.64. The number of rotatable bonds is 1. The average molecular weight is 148 g/mol. The normalized spacial score (nSPS) is 10.2. The number of nitriles is 1. The van der Waals surface area contributed by atoms with Gasteiger partial charge in [0.1, 0.15) is 0 Å². The largest absolute Gasteiger partial charge is 0.382 e. The second-order valence-corrected chi connectivity index (χ2v) is 2.11. The first kappa shape index (κ1) is 7.35. The summed E-state index contributed by atoms with van der Waals surface area (Å²) in [6, 6.07) is 1.88. The van der Waals surface area contributed by atoms with Gasteiger partial charge in [-0.05, 0) is 13.0 Å². The fourth-order valence-electron chi connectivity index (χ4n) is 0.788. The molecule has 0 saturated heterocycles. The van der Waals surface area contributed by atoms with Gasteiger partial charge in [-0.1, -0.05) is 0 Å². The molecule has 56 valence electrons. The molecule has 0 aliphatic heterocycles. The standard InChI is InChI=1S/C7H8N4/c1-5-6(3-2-4-8)7(9)11-10-5/h2-3H,1H3,(H3,9,10,11). The van der Waals surface area contributed by atoms with Crippen LogP contribution in [0, 0.1) is 18.3 Å². The maximum atomic E-state index is 8.24. The van der Waals surface area contributed by atoms with Crippen molar-refractivity contribution < 1.29 is 0 Å². The van der Waals surface area contributed by atoms with Gasteiger partial charge in [-0.15, -0.1) is 0 Å². The summed E-state index contributed by atoms with van der Waals surface area (Å²) in [6.45, 7) is 1.85. The quantitative estimate of drug-likeness (QED) is 0.579. The molecule has 1 aromatic heterocycles. The number of aryl methyl sites for hydroxylation is 1. The fourth-order valence-corrected chi connectivity index (χ4v) is 0.788. The summed E-state index contributed by atoms with van der Waals surface area (Å²) in [5.41, 5.74) is 7.13. The molecular weight excluding hydrogens is 140 g/mol. The molecule has 0 spiro atoms. The van der Waals surface area contributed by atoms with Crippen LogP contribution in [-0.2, 0) is 0 Å². The molecule has 0 aliphatic rings. The number of aromatic amines is 1. The van der Waals surface area contributed by atoms with E-state index in [4.69, 9.17) is 11.0 Å². The topological polar surface area (TPSA) is 78.5 Å². The van der Waals surface area contributed by atoms with E-state index in [9.17, 15) is 0 Å². The lowest BCUT2D eigenvalue weighted by Gasteiger charge is -1.87. The number of anilines is 1. The van der Waals surface area contributed by atoms with Crippen molar-refractivity contribution in [3.8, 4) is 6.07 Å². The molecule has 1 rings (SSSR count). The van der Waals surface area contributed by atoms with Crippen molar-refractivity contribution in [1.29, 1.82) is 5.26 Å². The molecule has 3 N–H and O–H groups in total. The van der Waals surface area contributed by atoms with E-state index in [0.717, 1.165) is 11.3 Å². The summed E-state index contributed by atoms with van der Waals surface area (Å²) in [6.07, 6.45) is 3.00. The third-order valence-electron chi connectivity index (χ3n) is 1.35. The van der Waals surface area contributed by atoms with Crippen LogP contribution in [0.25, 0.3) is 6.08 Å². The van der Waals surface area contributed by atoms with E-state index < -0.39 is 0 Å². The maximum Gasteiger partial charge on any atom is 0.152 e. The zero-order chi connectivity index (χ0) is 8.27. The number of H-pyrrole nitrogens is 1. The maximum absolute atomic E-state index is 8.24. The van der Waals surface area contributed by atoms with Gasteiger partial charge in [-0.25, -0.2) is 0 Å². The monoisotopic (exact) mass is 148 g/mol. The Morgan fingerprint density at radius 1 is 1.73 bits per heavy atom. The molecule has 0 aromatic carbocycles. The van der Waals surface area contributed by atoms with Crippen LogP contribution in [0.4, 0.5) is 5.82 Å². The molecule has 0 aliphatic carbocycles. The Hall–Kier alpha value is -1.76. The first-order valence-corrected chi connectivity index (χ1v) is 3.12. The van der Waals surface area contributed by atoms with Crippen LogP contribution in [0.2, 0.25) is 0 Å². The first-order valence-electron chi connectivity index (χ1n) is 3.12. The van der Waals surface area contributed by atoms with Crippen molar-refractivity contribution in [2.45, 2.75) is 6.92 Å². The Balaban J connectivity index is 3.03. The number of hydrogen-bond acceptors (Lipinski definition) is 3. The molecule has 0 saturated carbocycles. The van der Waals surface area contributed by atoms with Gasteiger partial charge in [-0.2, -0.15) is 10.4 Å². The van der Waals surface area contributed by atoms with E-state index in [1.165, 1.54) is 6.08 Å². The first-order chi connectivity index (χ1) is 5.25. The van der Waals surface area contributed by atoms with Crippen LogP contribution in [0.15, 0.2) is 6.08 Å². The molecule has 0 atom stereocenters. The Morgan fingerprint density at radius 2 is 2.45 bits per heavy atom. The van der Waals surface area contributed by atoms with Gasteiger partial charge in [0.15, 0.2) is 5.82 Å². The number of hydrogen-bond donors (Lipinski definition) is 2. The smallest absolute Gasteiger partial charge is 0.152 e. The van der Waals surface area contributed by atoms with Crippen LogP contribution in [0.5, 0.6) is 0 Å². The predicted molar refractivity (Wildman–Crippen MR) is 42.4 cm³/mol. The van der Waals surface area contributed by atoms with E-state index in [0.29, 0.717) is 5.82 Å². The van der Waals surface area contributed by atoms with Crippen molar-refractivity contribution in [3.63, 3.8) is 0 Å². The Kier molecular flexibility index (Phi) is 1.93. The fraction of sp³-hybridized carbons (Fsp3) is 0.143. The van der Waals surface area contributed by atoms with Gasteiger partial charge in [0.2, 0.25) is 0 Å². The van der Waals surface area contributed by atoms with Crippen molar-refractivity contribution in [2.75, 3.05) is 5.73 Å². The third-order valence-corrected chi connectivity index (χ3v) is 1.35. The van der Waals surface area contributed by atoms with E-state index in [-0.39, 0.29) is 0 Å². The molecule has 0 unspecified atom stereocenters. The van der Waals surface area contributed by atoms with Crippen LogP contribution in [0.1, 0.15) is 11.3 Å². The summed E-state index contributed by atoms with van der Waals surface area (Å²) < 4.78 is 0. The van der Waals surface area contributed by atoms with Crippen molar-refractivity contribution in [1.82, 2.24) is 10.2 Å². The summed E-state index contributed by atoms with van der Waals surface area (Å²) in [5, 5.41) is 14.7. The molecule has 1 aromatic rings. The number of nitrogens with one attached hydrogen (secondary N) is 1. The van der Waals surface area contributed by atoms with E-state index >= 15 is 0 Å². The minimum Gasteiger partial charge on any atom is -0.382 e. The number of allylic oxidation sites excluding steroid dienone is 1.